The number of rotatable bonds is 5. The van der Waals surface area contributed by atoms with Gasteiger partial charge in [0.05, 0.1) is 0 Å². The lowest BCUT2D eigenvalue weighted by atomic mass is 9.85. The molecule has 0 aromatic carbocycles. The molecule has 1 fully saturated rings. The highest BCUT2D eigenvalue weighted by atomic mass is 16.3. The average Bonchev–Trinajstić information content (AvgIpc) is 2.55. The lowest BCUT2D eigenvalue weighted by Crippen LogP contribution is -2.41. The summed E-state index contributed by atoms with van der Waals surface area (Å²) in [6, 6.07) is 0.0736. The fourth-order valence-corrected chi connectivity index (χ4v) is 2.58. The second-order valence-electron chi connectivity index (χ2n) is 7.66. The van der Waals surface area contributed by atoms with Crippen molar-refractivity contribution in [3.05, 3.63) is 0 Å². The van der Waals surface area contributed by atoms with Crippen molar-refractivity contribution in [2.45, 2.75) is 59.8 Å². The zero-order valence-corrected chi connectivity index (χ0v) is 13.7. The summed E-state index contributed by atoms with van der Waals surface area (Å²) in [5, 5.41) is 12.2. The standard InChI is InChI=1S/C16H32N2O2/c1-15(2)8-6-11-18(12-9-15)14(20)17-10-5-7-16(3,4)13-19/h19H,5-13H2,1-4H3,(H,17,20). The molecule has 2 amide bonds. The molecule has 0 radical (unpaired) electrons. The van der Waals surface area contributed by atoms with Crippen LogP contribution < -0.4 is 5.32 Å². The number of nitrogens with one attached hydrogen (secondary N) is 1. The van der Waals surface area contributed by atoms with E-state index in [-0.39, 0.29) is 18.1 Å². The molecule has 0 spiro atoms. The van der Waals surface area contributed by atoms with Crippen molar-refractivity contribution in [2.75, 3.05) is 26.2 Å². The van der Waals surface area contributed by atoms with Crippen LogP contribution >= 0.6 is 0 Å². The number of carbonyl (C=O) groups is 1. The molecular weight excluding hydrogens is 252 g/mol. The summed E-state index contributed by atoms with van der Waals surface area (Å²) >= 11 is 0. The zero-order chi connectivity index (χ0) is 15.2. The number of nitrogens with zero attached hydrogens (tertiary/aromatic N) is 1. The Morgan fingerprint density at radius 3 is 2.65 bits per heavy atom. The van der Waals surface area contributed by atoms with Crippen molar-refractivity contribution in [2.24, 2.45) is 10.8 Å². The predicted octanol–water partition coefficient (Wildman–Crippen LogP) is 3.01. The molecule has 1 aliphatic heterocycles. The Balaban J connectivity index is 2.26. The van der Waals surface area contributed by atoms with Crippen LogP contribution in [-0.2, 0) is 0 Å². The normalized spacial score (nSPS) is 19.6. The second kappa shape index (κ2) is 7.30. The van der Waals surface area contributed by atoms with Crippen molar-refractivity contribution < 1.29 is 9.90 Å². The number of carbonyl (C=O) groups excluding carboxylic acids is 1. The van der Waals surface area contributed by atoms with Crippen molar-refractivity contribution in [3.8, 4) is 0 Å². The van der Waals surface area contributed by atoms with Gasteiger partial charge in [-0.2, -0.15) is 0 Å². The molecule has 0 aromatic rings. The second-order valence-corrected chi connectivity index (χ2v) is 7.66. The molecule has 1 saturated heterocycles. The van der Waals surface area contributed by atoms with Gasteiger partial charge < -0.3 is 15.3 Å². The van der Waals surface area contributed by atoms with E-state index in [9.17, 15) is 9.90 Å². The van der Waals surface area contributed by atoms with E-state index >= 15 is 0 Å². The smallest absolute Gasteiger partial charge is 0.317 e. The Kier molecular flexibility index (Phi) is 6.31. The number of hydrogen-bond donors (Lipinski definition) is 2. The molecule has 118 valence electrons. The molecule has 1 aliphatic rings. The summed E-state index contributed by atoms with van der Waals surface area (Å²) in [5.74, 6) is 0. The van der Waals surface area contributed by atoms with Crippen LogP contribution in [0.15, 0.2) is 0 Å². The zero-order valence-electron chi connectivity index (χ0n) is 13.7. The maximum Gasteiger partial charge on any atom is 0.317 e. The Hall–Kier alpha value is -0.770. The van der Waals surface area contributed by atoms with Gasteiger partial charge in [-0.25, -0.2) is 4.79 Å². The SMILES string of the molecule is CC(C)(CO)CCCNC(=O)N1CCCC(C)(C)CC1. The van der Waals surface area contributed by atoms with Gasteiger partial charge in [-0.15, -0.1) is 0 Å². The van der Waals surface area contributed by atoms with Crippen LogP contribution in [0.2, 0.25) is 0 Å². The number of likely N-dealkylation sites (tertiary alicyclic amines) is 1. The third-order valence-electron chi connectivity index (χ3n) is 4.36. The number of amides is 2. The minimum Gasteiger partial charge on any atom is -0.396 e. The first-order valence-corrected chi connectivity index (χ1v) is 7.89. The summed E-state index contributed by atoms with van der Waals surface area (Å²) in [5.41, 5.74) is 0.317. The Morgan fingerprint density at radius 2 is 2.00 bits per heavy atom. The van der Waals surface area contributed by atoms with Crippen molar-refractivity contribution >= 4 is 6.03 Å². The quantitative estimate of drug-likeness (QED) is 0.763. The fraction of sp³-hybridized carbons (Fsp3) is 0.938. The van der Waals surface area contributed by atoms with E-state index in [1.807, 2.05) is 18.7 Å². The lowest BCUT2D eigenvalue weighted by molar-refractivity contribution is 0.147. The number of aliphatic hydroxyl groups excluding tert-OH is 1. The summed E-state index contributed by atoms with van der Waals surface area (Å²) in [6.07, 6.45) is 5.22. The highest BCUT2D eigenvalue weighted by Crippen LogP contribution is 2.29. The summed E-state index contributed by atoms with van der Waals surface area (Å²) < 4.78 is 0. The fourth-order valence-electron chi connectivity index (χ4n) is 2.58. The molecule has 4 heteroatoms. The van der Waals surface area contributed by atoms with Gasteiger partial charge in [-0.05, 0) is 42.9 Å². The molecule has 4 nitrogen and oxygen atoms in total. The molecule has 0 aliphatic carbocycles. The van der Waals surface area contributed by atoms with E-state index in [1.165, 1.54) is 6.42 Å². The maximum atomic E-state index is 12.1. The summed E-state index contributed by atoms with van der Waals surface area (Å²) in [7, 11) is 0. The molecule has 0 bridgehead atoms. The van der Waals surface area contributed by atoms with E-state index in [2.05, 4.69) is 19.2 Å². The highest BCUT2D eigenvalue weighted by Gasteiger charge is 2.25. The van der Waals surface area contributed by atoms with E-state index in [1.54, 1.807) is 0 Å². The molecule has 0 saturated carbocycles. The van der Waals surface area contributed by atoms with Crippen LogP contribution in [0.25, 0.3) is 0 Å². The number of aliphatic hydroxyl groups is 1. The molecule has 0 unspecified atom stereocenters. The molecule has 1 rings (SSSR count). The van der Waals surface area contributed by atoms with Gasteiger partial charge in [0.2, 0.25) is 0 Å². The minimum absolute atomic E-state index is 0.0443. The first kappa shape index (κ1) is 17.3. The first-order chi connectivity index (χ1) is 9.26. The molecule has 2 N–H and O–H groups in total. The molecule has 1 heterocycles. The van der Waals surface area contributed by atoms with Gasteiger partial charge >= 0.3 is 6.03 Å². The van der Waals surface area contributed by atoms with Crippen LogP contribution in [0.1, 0.15) is 59.8 Å². The molecule has 20 heavy (non-hydrogen) atoms. The summed E-state index contributed by atoms with van der Waals surface area (Å²) in [4.78, 5) is 14.1. The van der Waals surface area contributed by atoms with E-state index < -0.39 is 0 Å². The predicted molar refractivity (Wildman–Crippen MR) is 82.7 cm³/mol. The van der Waals surface area contributed by atoms with Gasteiger partial charge in [0.1, 0.15) is 0 Å². The molecular formula is C16H32N2O2. The largest absolute Gasteiger partial charge is 0.396 e. The third-order valence-corrected chi connectivity index (χ3v) is 4.36. The lowest BCUT2D eigenvalue weighted by Gasteiger charge is -2.24. The average molecular weight is 284 g/mol. The van der Waals surface area contributed by atoms with E-state index in [0.717, 1.165) is 38.8 Å². The monoisotopic (exact) mass is 284 g/mol. The first-order valence-electron chi connectivity index (χ1n) is 7.89. The van der Waals surface area contributed by atoms with Gasteiger partial charge in [0.15, 0.2) is 0 Å². The van der Waals surface area contributed by atoms with Crippen LogP contribution in [-0.4, -0.2) is 42.3 Å². The van der Waals surface area contributed by atoms with Crippen LogP contribution in [0, 0.1) is 10.8 Å². The van der Waals surface area contributed by atoms with Crippen molar-refractivity contribution in [3.63, 3.8) is 0 Å². The van der Waals surface area contributed by atoms with E-state index in [4.69, 9.17) is 0 Å². The van der Waals surface area contributed by atoms with Crippen molar-refractivity contribution in [1.29, 1.82) is 0 Å². The Bertz CT molecular complexity index is 314. The third kappa shape index (κ3) is 6.12. The summed E-state index contributed by atoms with van der Waals surface area (Å²) in [6.45, 7) is 11.3. The van der Waals surface area contributed by atoms with Crippen molar-refractivity contribution in [1.82, 2.24) is 10.2 Å². The minimum atomic E-state index is -0.0443. The topological polar surface area (TPSA) is 52.6 Å². The van der Waals surface area contributed by atoms with Gasteiger partial charge in [-0.3, -0.25) is 0 Å². The van der Waals surface area contributed by atoms with Crippen LogP contribution in [0.3, 0.4) is 0 Å². The highest BCUT2D eigenvalue weighted by molar-refractivity contribution is 5.74. The van der Waals surface area contributed by atoms with Gasteiger partial charge in [0.25, 0.3) is 0 Å². The molecule has 0 aromatic heterocycles. The Labute approximate surface area is 123 Å². The molecule has 0 atom stereocenters. The van der Waals surface area contributed by atoms with E-state index in [0.29, 0.717) is 12.0 Å². The maximum absolute atomic E-state index is 12.1. The number of hydrogen-bond acceptors (Lipinski definition) is 2. The van der Waals surface area contributed by atoms with Crippen LogP contribution in [0.5, 0.6) is 0 Å². The van der Waals surface area contributed by atoms with Gasteiger partial charge in [0, 0.05) is 26.2 Å². The van der Waals surface area contributed by atoms with Crippen LogP contribution in [0.4, 0.5) is 4.79 Å². The number of urea groups is 1. The Morgan fingerprint density at radius 1 is 1.30 bits per heavy atom. The van der Waals surface area contributed by atoms with Gasteiger partial charge in [-0.1, -0.05) is 27.7 Å².